The number of amides is 1. The number of carbonyl (C=O) groups is 1. The fraction of sp³-hybridized carbons (Fsp3) is 0.417. The van der Waals surface area contributed by atoms with E-state index in [2.05, 4.69) is 29.2 Å². The molecular formula is C24H25F3N4O2. The molecule has 6 nitrogen and oxygen atoms in total. The molecule has 4 rings (SSSR count). The van der Waals surface area contributed by atoms with Crippen LogP contribution in [0.25, 0.3) is 0 Å². The van der Waals surface area contributed by atoms with Crippen LogP contribution in [0, 0.1) is 11.3 Å². The lowest BCUT2D eigenvalue weighted by molar-refractivity contribution is -0.137. The van der Waals surface area contributed by atoms with E-state index in [0.717, 1.165) is 24.6 Å². The number of nitriles is 1. The Morgan fingerprint density at radius 2 is 1.48 bits per heavy atom. The van der Waals surface area contributed by atoms with Gasteiger partial charge in [-0.05, 0) is 54.7 Å². The van der Waals surface area contributed by atoms with Crippen LogP contribution in [0.4, 0.5) is 29.3 Å². The Morgan fingerprint density at radius 3 is 2.03 bits per heavy atom. The fourth-order valence-electron chi connectivity index (χ4n) is 4.65. The van der Waals surface area contributed by atoms with Gasteiger partial charge in [0.05, 0.1) is 17.2 Å². The molecule has 2 aliphatic rings. The summed E-state index contributed by atoms with van der Waals surface area (Å²) in [6.45, 7) is 3.59. The van der Waals surface area contributed by atoms with Crippen molar-refractivity contribution in [2.45, 2.75) is 24.9 Å². The van der Waals surface area contributed by atoms with Crippen LogP contribution < -0.4 is 9.80 Å². The Morgan fingerprint density at radius 1 is 0.909 bits per heavy atom. The van der Waals surface area contributed by atoms with Gasteiger partial charge in [-0.2, -0.15) is 18.4 Å². The lowest BCUT2D eigenvalue weighted by Crippen LogP contribution is -2.48. The molecule has 2 saturated heterocycles. The molecule has 33 heavy (non-hydrogen) atoms. The second kappa shape index (κ2) is 9.22. The van der Waals surface area contributed by atoms with Crippen molar-refractivity contribution in [2.24, 2.45) is 0 Å². The summed E-state index contributed by atoms with van der Waals surface area (Å²) in [7, 11) is 0. The lowest BCUT2D eigenvalue weighted by Gasteiger charge is -2.35. The minimum Gasteiger partial charge on any atom is -0.465 e. The van der Waals surface area contributed by atoms with Gasteiger partial charge in [0, 0.05) is 50.6 Å². The van der Waals surface area contributed by atoms with E-state index in [1.165, 1.54) is 16.5 Å². The molecule has 1 N–H and O–H groups in total. The van der Waals surface area contributed by atoms with Gasteiger partial charge in [-0.3, -0.25) is 0 Å². The predicted molar refractivity (Wildman–Crippen MR) is 119 cm³/mol. The summed E-state index contributed by atoms with van der Waals surface area (Å²) in [5.74, 6) is 0.333. The third-order valence-corrected chi connectivity index (χ3v) is 6.57. The van der Waals surface area contributed by atoms with Gasteiger partial charge in [-0.1, -0.05) is 12.1 Å². The first-order valence-electron chi connectivity index (χ1n) is 11.0. The summed E-state index contributed by atoms with van der Waals surface area (Å²) >= 11 is 0. The van der Waals surface area contributed by atoms with E-state index in [0.29, 0.717) is 50.9 Å². The molecule has 2 aromatic carbocycles. The van der Waals surface area contributed by atoms with Crippen LogP contribution in [0.3, 0.4) is 0 Å². The third kappa shape index (κ3) is 5.00. The quantitative estimate of drug-likeness (QED) is 0.718. The molecule has 0 spiro atoms. The van der Waals surface area contributed by atoms with E-state index in [-0.39, 0.29) is 5.56 Å². The van der Waals surface area contributed by atoms with Crippen molar-refractivity contribution in [2.75, 3.05) is 49.1 Å². The van der Waals surface area contributed by atoms with E-state index >= 15 is 0 Å². The molecule has 0 bridgehead atoms. The average molecular weight is 458 g/mol. The van der Waals surface area contributed by atoms with Gasteiger partial charge in [0.25, 0.3) is 0 Å². The Labute approximate surface area is 190 Å². The number of hydrogen-bond acceptors (Lipinski definition) is 4. The number of carboxylic acid groups (broad SMARTS) is 1. The zero-order valence-corrected chi connectivity index (χ0v) is 18.1. The van der Waals surface area contributed by atoms with Crippen molar-refractivity contribution < 1.29 is 23.1 Å². The number of piperidine rings is 1. The number of rotatable bonds is 3. The first kappa shape index (κ1) is 22.8. The van der Waals surface area contributed by atoms with Crippen LogP contribution in [0.2, 0.25) is 0 Å². The minimum atomic E-state index is -4.55. The number of hydrogen-bond donors (Lipinski definition) is 1. The van der Waals surface area contributed by atoms with Crippen LogP contribution in [0.15, 0.2) is 42.5 Å². The Hall–Kier alpha value is -3.41. The monoisotopic (exact) mass is 458 g/mol. The molecule has 2 aliphatic heterocycles. The van der Waals surface area contributed by atoms with E-state index in [1.54, 1.807) is 12.1 Å². The van der Waals surface area contributed by atoms with Gasteiger partial charge in [0.2, 0.25) is 0 Å². The maximum Gasteiger partial charge on any atom is 0.417 e. The SMILES string of the molecule is N#Cc1ccc(N2CCC(c3ccc(N4CCN(C(=O)O)CC4)cc3)CC2)cc1C(F)(F)F. The molecule has 174 valence electrons. The highest BCUT2D eigenvalue weighted by atomic mass is 19.4. The molecule has 2 fully saturated rings. The maximum atomic E-state index is 13.3. The Balaban J connectivity index is 1.37. The fourth-order valence-corrected chi connectivity index (χ4v) is 4.65. The van der Waals surface area contributed by atoms with Crippen molar-refractivity contribution in [3.05, 3.63) is 59.2 Å². The molecule has 0 saturated carbocycles. The number of anilines is 2. The molecule has 2 aromatic rings. The largest absolute Gasteiger partial charge is 0.465 e. The Bertz CT molecular complexity index is 1030. The van der Waals surface area contributed by atoms with Gasteiger partial charge < -0.3 is 19.8 Å². The van der Waals surface area contributed by atoms with Crippen molar-refractivity contribution in [3.8, 4) is 6.07 Å². The molecular weight excluding hydrogens is 433 g/mol. The van der Waals surface area contributed by atoms with Crippen molar-refractivity contribution in [1.82, 2.24) is 4.90 Å². The van der Waals surface area contributed by atoms with Crippen LogP contribution in [-0.2, 0) is 6.18 Å². The molecule has 1 amide bonds. The number of alkyl halides is 3. The average Bonchev–Trinajstić information content (AvgIpc) is 2.83. The summed E-state index contributed by atoms with van der Waals surface area (Å²) in [6, 6.07) is 13.9. The van der Waals surface area contributed by atoms with Crippen LogP contribution in [0.5, 0.6) is 0 Å². The van der Waals surface area contributed by atoms with E-state index in [9.17, 15) is 18.0 Å². The van der Waals surface area contributed by atoms with Crippen LogP contribution >= 0.6 is 0 Å². The standard InChI is InChI=1S/C24H25F3N4O2/c25-24(26,27)22-15-21(6-3-19(22)16-28)29-9-7-18(8-10-29)17-1-4-20(5-2-17)30-11-13-31(14-12-30)23(32)33/h1-6,15,18H,7-14H2,(H,32,33). The minimum absolute atomic E-state index is 0.333. The van der Waals surface area contributed by atoms with Gasteiger partial charge in [-0.25, -0.2) is 4.79 Å². The summed E-state index contributed by atoms with van der Waals surface area (Å²) in [6.07, 6.45) is -3.77. The second-order valence-corrected chi connectivity index (χ2v) is 8.45. The summed E-state index contributed by atoms with van der Waals surface area (Å²) in [4.78, 5) is 16.6. The van der Waals surface area contributed by atoms with Gasteiger partial charge in [-0.15, -0.1) is 0 Å². The lowest BCUT2D eigenvalue weighted by atomic mass is 9.89. The van der Waals surface area contributed by atoms with Gasteiger partial charge in [0.15, 0.2) is 0 Å². The number of piperazine rings is 1. The van der Waals surface area contributed by atoms with E-state index in [4.69, 9.17) is 10.4 Å². The second-order valence-electron chi connectivity index (χ2n) is 8.45. The summed E-state index contributed by atoms with van der Waals surface area (Å²) in [5.41, 5.74) is 1.53. The number of nitrogens with zero attached hydrogens (tertiary/aromatic N) is 4. The highest BCUT2D eigenvalue weighted by molar-refractivity contribution is 5.65. The third-order valence-electron chi connectivity index (χ3n) is 6.57. The molecule has 2 heterocycles. The first-order valence-corrected chi connectivity index (χ1v) is 11.0. The molecule has 0 radical (unpaired) electrons. The van der Waals surface area contributed by atoms with Crippen molar-refractivity contribution >= 4 is 17.5 Å². The van der Waals surface area contributed by atoms with Gasteiger partial charge in [0.1, 0.15) is 0 Å². The number of halogens is 3. The van der Waals surface area contributed by atoms with Gasteiger partial charge >= 0.3 is 12.3 Å². The normalized spacial score (nSPS) is 17.7. The van der Waals surface area contributed by atoms with Crippen LogP contribution in [-0.4, -0.2) is 55.4 Å². The summed E-state index contributed by atoms with van der Waals surface area (Å²) in [5, 5.41) is 18.1. The molecule has 0 aromatic heterocycles. The molecule has 0 unspecified atom stereocenters. The van der Waals surface area contributed by atoms with E-state index in [1.807, 2.05) is 4.90 Å². The Kier molecular flexibility index (Phi) is 6.36. The number of benzene rings is 2. The van der Waals surface area contributed by atoms with Crippen LogP contribution in [0.1, 0.15) is 35.4 Å². The molecule has 0 atom stereocenters. The van der Waals surface area contributed by atoms with Crippen molar-refractivity contribution in [3.63, 3.8) is 0 Å². The molecule has 9 heteroatoms. The maximum absolute atomic E-state index is 13.3. The zero-order chi connectivity index (χ0) is 23.6. The summed E-state index contributed by atoms with van der Waals surface area (Å²) < 4.78 is 39.9. The van der Waals surface area contributed by atoms with E-state index < -0.39 is 17.8 Å². The first-order chi connectivity index (χ1) is 15.8. The predicted octanol–water partition coefficient (Wildman–Crippen LogP) is 4.76. The smallest absolute Gasteiger partial charge is 0.417 e. The highest BCUT2D eigenvalue weighted by Gasteiger charge is 2.34. The molecule has 0 aliphatic carbocycles. The van der Waals surface area contributed by atoms with Crippen molar-refractivity contribution in [1.29, 1.82) is 5.26 Å². The zero-order valence-electron chi connectivity index (χ0n) is 18.1. The highest BCUT2D eigenvalue weighted by Crippen LogP contribution is 2.36. The topological polar surface area (TPSA) is 70.8 Å².